The Labute approximate surface area is 160 Å². The van der Waals surface area contributed by atoms with Gasteiger partial charge in [0.2, 0.25) is 0 Å². The number of rotatable bonds is 8. The van der Waals surface area contributed by atoms with Gasteiger partial charge in [-0.05, 0) is 16.7 Å². The maximum Gasteiger partial charge on any atom is 0.335 e. The lowest BCUT2D eigenvalue weighted by molar-refractivity contribution is -0.140. The Morgan fingerprint density at radius 3 is 1.81 bits per heavy atom. The summed E-state index contributed by atoms with van der Waals surface area (Å²) in [6.45, 7) is 4.49. The highest BCUT2D eigenvalue weighted by atomic mass is 16.5. The Balaban J connectivity index is 1.61. The average Bonchev–Trinajstić information content (AvgIpc) is 2.74. The van der Waals surface area contributed by atoms with Crippen molar-refractivity contribution in [1.29, 1.82) is 0 Å². The summed E-state index contributed by atoms with van der Waals surface area (Å²) in [4.78, 5) is 12.2. The van der Waals surface area contributed by atoms with Crippen molar-refractivity contribution in [3.63, 3.8) is 0 Å². The van der Waals surface area contributed by atoms with Gasteiger partial charge >= 0.3 is 5.97 Å². The molecule has 0 aliphatic carbocycles. The Morgan fingerprint density at radius 1 is 0.815 bits per heavy atom. The van der Waals surface area contributed by atoms with Gasteiger partial charge in [-0.3, -0.25) is 0 Å². The van der Waals surface area contributed by atoms with Crippen molar-refractivity contribution in [3.8, 4) is 0 Å². The largest absolute Gasteiger partial charge is 0.457 e. The molecule has 0 bridgehead atoms. The van der Waals surface area contributed by atoms with Crippen LogP contribution in [-0.2, 0) is 16.1 Å². The van der Waals surface area contributed by atoms with Gasteiger partial charge < -0.3 is 10.1 Å². The Kier molecular flexibility index (Phi) is 6.55. The van der Waals surface area contributed by atoms with Gasteiger partial charge in [-0.15, -0.1) is 0 Å². The van der Waals surface area contributed by atoms with Gasteiger partial charge in [0.1, 0.15) is 6.61 Å². The van der Waals surface area contributed by atoms with Crippen LogP contribution in [0.1, 0.15) is 22.7 Å². The van der Waals surface area contributed by atoms with Crippen LogP contribution in [-0.4, -0.2) is 12.5 Å². The van der Waals surface area contributed by atoms with E-state index in [-0.39, 0.29) is 18.6 Å². The first-order valence-electron chi connectivity index (χ1n) is 8.96. The summed E-state index contributed by atoms with van der Waals surface area (Å²) in [5.41, 5.74) is 3.63. The molecule has 3 aromatic rings. The molecule has 3 rings (SSSR count). The smallest absolute Gasteiger partial charge is 0.335 e. The number of nitrogens with one attached hydrogen (secondary N) is 1. The van der Waals surface area contributed by atoms with Crippen molar-refractivity contribution in [1.82, 2.24) is 5.32 Å². The third-order valence-corrected chi connectivity index (χ3v) is 4.29. The molecule has 3 aromatic carbocycles. The van der Waals surface area contributed by atoms with Crippen LogP contribution in [0.2, 0.25) is 0 Å². The lowest BCUT2D eigenvalue weighted by atomic mass is 9.98. The van der Waals surface area contributed by atoms with Gasteiger partial charge in [-0.1, -0.05) is 97.6 Å². The minimum atomic E-state index is -0.383. The van der Waals surface area contributed by atoms with Crippen molar-refractivity contribution in [2.24, 2.45) is 0 Å². The molecule has 0 amide bonds. The second-order valence-electron chi connectivity index (χ2n) is 6.30. The molecule has 3 heteroatoms. The lowest BCUT2D eigenvalue weighted by Gasteiger charge is -2.20. The van der Waals surface area contributed by atoms with E-state index >= 15 is 0 Å². The predicted octanol–water partition coefficient (Wildman–Crippen LogP) is 4.67. The SMILES string of the molecule is C=C(CNC(c1ccccc1)c1ccccc1)C(=O)OCc1ccccc1. The molecular formula is C24H23NO2. The van der Waals surface area contributed by atoms with Crippen LogP contribution < -0.4 is 5.32 Å². The molecule has 136 valence electrons. The number of hydrogen-bond donors (Lipinski definition) is 1. The molecule has 0 atom stereocenters. The Bertz CT molecular complexity index is 821. The number of benzene rings is 3. The molecule has 0 unspecified atom stereocenters. The third-order valence-electron chi connectivity index (χ3n) is 4.29. The van der Waals surface area contributed by atoms with Crippen LogP contribution in [0, 0.1) is 0 Å². The second-order valence-corrected chi connectivity index (χ2v) is 6.30. The summed E-state index contributed by atoms with van der Waals surface area (Å²) >= 11 is 0. The minimum absolute atomic E-state index is 0.0222. The van der Waals surface area contributed by atoms with Gasteiger partial charge in [0, 0.05) is 12.1 Å². The van der Waals surface area contributed by atoms with Crippen molar-refractivity contribution >= 4 is 5.97 Å². The fourth-order valence-electron chi connectivity index (χ4n) is 2.84. The number of carbonyl (C=O) groups is 1. The first-order chi connectivity index (χ1) is 13.2. The highest BCUT2D eigenvalue weighted by Gasteiger charge is 2.16. The molecule has 0 heterocycles. The third kappa shape index (κ3) is 5.40. The maximum atomic E-state index is 12.2. The van der Waals surface area contributed by atoms with E-state index in [1.54, 1.807) is 0 Å². The molecule has 0 saturated heterocycles. The normalized spacial score (nSPS) is 10.6. The average molecular weight is 357 g/mol. The molecule has 0 aliphatic rings. The molecule has 0 saturated carbocycles. The summed E-state index contributed by atoms with van der Waals surface area (Å²) in [5.74, 6) is -0.383. The second kappa shape index (κ2) is 9.51. The zero-order chi connectivity index (χ0) is 18.9. The Hall–Kier alpha value is -3.17. The Morgan fingerprint density at radius 2 is 1.30 bits per heavy atom. The molecule has 27 heavy (non-hydrogen) atoms. The van der Waals surface area contributed by atoms with Crippen LogP contribution in [0.3, 0.4) is 0 Å². The minimum Gasteiger partial charge on any atom is -0.457 e. The first-order valence-corrected chi connectivity index (χ1v) is 8.96. The van der Waals surface area contributed by atoms with Crippen LogP contribution in [0.25, 0.3) is 0 Å². The summed E-state index contributed by atoms with van der Waals surface area (Å²) in [5, 5.41) is 3.43. The van der Waals surface area contributed by atoms with Crippen molar-refractivity contribution in [2.75, 3.05) is 6.54 Å². The molecule has 0 radical (unpaired) electrons. The van der Waals surface area contributed by atoms with E-state index in [2.05, 4.69) is 36.2 Å². The molecule has 0 aliphatic heterocycles. The summed E-state index contributed by atoms with van der Waals surface area (Å²) in [6.07, 6.45) is 0. The molecule has 1 N–H and O–H groups in total. The van der Waals surface area contributed by atoms with E-state index in [4.69, 9.17) is 4.74 Å². The van der Waals surface area contributed by atoms with Crippen molar-refractivity contribution in [3.05, 3.63) is 120 Å². The number of esters is 1. The lowest BCUT2D eigenvalue weighted by Crippen LogP contribution is -2.27. The number of carbonyl (C=O) groups excluding carboxylic acids is 1. The monoisotopic (exact) mass is 357 g/mol. The predicted molar refractivity (Wildman–Crippen MR) is 108 cm³/mol. The van der Waals surface area contributed by atoms with Crippen LogP contribution in [0.5, 0.6) is 0 Å². The van der Waals surface area contributed by atoms with E-state index in [0.29, 0.717) is 12.1 Å². The molecule has 0 fully saturated rings. The van der Waals surface area contributed by atoms with Crippen molar-refractivity contribution in [2.45, 2.75) is 12.6 Å². The maximum absolute atomic E-state index is 12.2. The molecule has 3 nitrogen and oxygen atoms in total. The van der Waals surface area contributed by atoms with Crippen LogP contribution in [0.15, 0.2) is 103 Å². The standard InChI is InChI=1S/C24H23NO2/c1-19(24(26)27-18-20-11-5-2-6-12-20)17-25-23(21-13-7-3-8-14-21)22-15-9-4-10-16-22/h2-16,23,25H,1,17-18H2. The van der Waals surface area contributed by atoms with Gasteiger partial charge in [-0.2, -0.15) is 0 Å². The molecule has 0 aromatic heterocycles. The fraction of sp³-hybridized carbons (Fsp3) is 0.125. The first kappa shape index (κ1) is 18.6. The van der Waals surface area contributed by atoms with Gasteiger partial charge in [0.25, 0.3) is 0 Å². The molecule has 0 spiro atoms. The van der Waals surface area contributed by atoms with E-state index in [1.807, 2.05) is 66.7 Å². The van der Waals surface area contributed by atoms with Crippen LogP contribution >= 0.6 is 0 Å². The zero-order valence-electron chi connectivity index (χ0n) is 15.2. The van der Waals surface area contributed by atoms with E-state index in [9.17, 15) is 4.79 Å². The number of ether oxygens (including phenoxy) is 1. The molecular weight excluding hydrogens is 334 g/mol. The van der Waals surface area contributed by atoms with Crippen LogP contribution in [0.4, 0.5) is 0 Å². The van der Waals surface area contributed by atoms with Gasteiger partial charge in [0.05, 0.1) is 6.04 Å². The highest BCUT2D eigenvalue weighted by molar-refractivity contribution is 5.88. The summed E-state index contributed by atoms with van der Waals surface area (Å²) < 4.78 is 5.36. The summed E-state index contributed by atoms with van der Waals surface area (Å²) in [6, 6.07) is 29.9. The highest BCUT2D eigenvalue weighted by Crippen LogP contribution is 2.21. The van der Waals surface area contributed by atoms with Gasteiger partial charge in [-0.25, -0.2) is 4.79 Å². The zero-order valence-corrected chi connectivity index (χ0v) is 15.2. The summed E-state index contributed by atoms with van der Waals surface area (Å²) in [7, 11) is 0. The van der Waals surface area contributed by atoms with Crippen molar-refractivity contribution < 1.29 is 9.53 Å². The fourth-order valence-corrected chi connectivity index (χ4v) is 2.84. The van der Waals surface area contributed by atoms with E-state index < -0.39 is 0 Å². The number of hydrogen-bond acceptors (Lipinski definition) is 3. The van der Waals surface area contributed by atoms with E-state index in [1.165, 1.54) is 0 Å². The quantitative estimate of drug-likeness (QED) is 0.470. The van der Waals surface area contributed by atoms with Gasteiger partial charge in [0.15, 0.2) is 0 Å². The topological polar surface area (TPSA) is 38.3 Å². The van der Waals surface area contributed by atoms with E-state index in [0.717, 1.165) is 16.7 Å².